The summed E-state index contributed by atoms with van der Waals surface area (Å²) in [6.45, 7) is 4.11. The summed E-state index contributed by atoms with van der Waals surface area (Å²) < 4.78 is 18.8. The average molecular weight is 490 g/mol. The lowest BCUT2D eigenvalue weighted by atomic mass is 9.95. The standard InChI is InChI=1S/C27H27N3O6/c1-2-34-20-6-3-5-18(15-20)24-23(25(31)19-7-8-21-22(16-19)36-14-13-35-21)26(32)27(33)30(24)11-4-10-29-12-9-28-17-29/h3,5-9,12,15-17,24H,2,4,10-11,13-14H2,1H3,(H,31,32). The molecule has 3 aromatic rings. The molecule has 0 bridgehead atoms. The van der Waals surface area contributed by atoms with Gasteiger partial charge in [-0.3, -0.25) is 14.6 Å². The predicted octanol–water partition coefficient (Wildman–Crippen LogP) is 1.79. The van der Waals surface area contributed by atoms with Crippen molar-refractivity contribution in [3.63, 3.8) is 0 Å². The van der Waals surface area contributed by atoms with E-state index in [-0.39, 0.29) is 11.1 Å². The first-order chi connectivity index (χ1) is 17.6. The smallest absolute Gasteiger partial charge is 0.295 e. The quantitative estimate of drug-likeness (QED) is 0.224. The molecule has 9 nitrogen and oxygen atoms in total. The highest BCUT2D eigenvalue weighted by Gasteiger charge is 2.44. The van der Waals surface area contributed by atoms with Gasteiger partial charge >= 0.3 is 0 Å². The number of benzene rings is 2. The third-order valence-electron chi connectivity index (χ3n) is 6.24. The van der Waals surface area contributed by atoms with Crippen LogP contribution in [0.1, 0.15) is 30.5 Å². The number of carbonyl (C=O) groups is 2. The lowest BCUT2D eigenvalue weighted by molar-refractivity contribution is -0.695. The Hall–Kier alpha value is -4.27. The van der Waals surface area contributed by atoms with Crippen LogP contribution in [0.2, 0.25) is 0 Å². The third-order valence-corrected chi connectivity index (χ3v) is 6.24. The molecule has 0 radical (unpaired) electrons. The van der Waals surface area contributed by atoms with Gasteiger partial charge < -0.3 is 24.2 Å². The molecule has 36 heavy (non-hydrogen) atoms. The molecule has 0 spiro atoms. The fraction of sp³-hybridized carbons (Fsp3) is 0.296. The van der Waals surface area contributed by atoms with Gasteiger partial charge in [-0.25, -0.2) is 4.57 Å². The molecule has 5 rings (SSSR count). The molecule has 2 aromatic carbocycles. The molecule has 1 aromatic heterocycles. The van der Waals surface area contributed by atoms with Gasteiger partial charge in [-0.05, 0) is 42.3 Å². The van der Waals surface area contributed by atoms with E-state index >= 15 is 0 Å². The number of amides is 1. The number of aromatic nitrogens is 2. The highest BCUT2D eigenvalue weighted by Crippen LogP contribution is 2.41. The number of carbonyl (C=O) groups excluding carboxylic acids is 2. The van der Waals surface area contributed by atoms with Crippen LogP contribution >= 0.6 is 0 Å². The molecule has 186 valence electrons. The Morgan fingerprint density at radius 2 is 2.00 bits per heavy atom. The normalized spacial score (nSPS) is 18.5. The van der Waals surface area contributed by atoms with E-state index in [0.29, 0.717) is 62.1 Å². The number of likely N-dealkylation sites (tertiary alicyclic amines) is 1. The summed E-state index contributed by atoms with van der Waals surface area (Å²) in [5.74, 6) is -0.366. The van der Waals surface area contributed by atoms with Crippen molar-refractivity contribution in [2.24, 2.45) is 0 Å². The number of hydrogen-bond acceptors (Lipinski definition) is 6. The van der Waals surface area contributed by atoms with E-state index in [1.54, 1.807) is 36.4 Å². The first-order valence-electron chi connectivity index (χ1n) is 12.0. The summed E-state index contributed by atoms with van der Waals surface area (Å²) in [6, 6.07) is 11.2. The Morgan fingerprint density at radius 3 is 2.78 bits per heavy atom. The topological polar surface area (TPSA) is 108 Å². The van der Waals surface area contributed by atoms with Crippen molar-refractivity contribution in [2.45, 2.75) is 25.9 Å². The van der Waals surface area contributed by atoms with Gasteiger partial charge in [0.25, 0.3) is 5.91 Å². The molecule has 3 heterocycles. The molecule has 0 saturated carbocycles. The van der Waals surface area contributed by atoms with E-state index in [4.69, 9.17) is 14.2 Å². The molecule has 1 fully saturated rings. The van der Waals surface area contributed by atoms with Crippen LogP contribution in [0, 0.1) is 0 Å². The number of hydrogen-bond donors (Lipinski definition) is 1. The minimum atomic E-state index is -0.817. The highest BCUT2D eigenvalue weighted by molar-refractivity contribution is 6.46. The van der Waals surface area contributed by atoms with E-state index in [1.807, 2.05) is 36.3 Å². The number of imidazole rings is 1. The molecule has 1 amide bonds. The number of H-pyrrole nitrogens is 1. The van der Waals surface area contributed by atoms with Crippen LogP contribution in [0.3, 0.4) is 0 Å². The molecule has 1 unspecified atom stereocenters. The van der Waals surface area contributed by atoms with Crippen molar-refractivity contribution >= 4 is 17.4 Å². The summed E-state index contributed by atoms with van der Waals surface area (Å²) in [7, 11) is 0. The minimum absolute atomic E-state index is 0.0698. The van der Waals surface area contributed by atoms with Crippen molar-refractivity contribution in [3.05, 3.63) is 77.9 Å². The second-order valence-corrected chi connectivity index (χ2v) is 8.54. The maximum atomic E-state index is 13.7. The molecule has 1 saturated heterocycles. The molecule has 2 aliphatic rings. The van der Waals surface area contributed by atoms with E-state index in [9.17, 15) is 14.7 Å². The second kappa shape index (κ2) is 10.2. The van der Waals surface area contributed by atoms with Crippen molar-refractivity contribution in [1.82, 2.24) is 9.88 Å². The third kappa shape index (κ3) is 4.51. The summed E-state index contributed by atoms with van der Waals surface area (Å²) >= 11 is 0. The number of ketones is 1. The second-order valence-electron chi connectivity index (χ2n) is 8.54. The Morgan fingerprint density at radius 1 is 1.17 bits per heavy atom. The van der Waals surface area contributed by atoms with Crippen LogP contribution in [0.15, 0.2) is 66.8 Å². The number of Topliss-reactive ketones (excluding diaryl/α,β-unsaturated/α-hetero) is 1. The number of fused-ring (bicyclic) bond motifs is 1. The summed E-state index contributed by atoms with van der Waals surface area (Å²) in [5, 5.41) is 13.7. The summed E-state index contributed by atoms with van der Waals surface area (Å²) in [5.41, 5.74) is 0.848. The van der Waals surface area contributed by atoms with Gasteiger partial charge in [0, 0.05) is 18.5 Å². The number of aryl methyl sites for hydroxylation is 1. The van der Waals surface area contributed by atoms with E-state index in [0.717, 1.165) is 0 Å². The number of nitrogens with zero attached hydrogens (tertiary/aromatic N) is 2. The summed E-state index contributed by atoms with van der Waals surface area (Å²) in [6.07, 6.45) is 6.13. The first-order valence-corrected chi connectivity index (χ1v) is 12.0. The van der Waals surface area contributed by atoms with Crippen LogP contribution in [0.5, 0.6) is 17.2 Å². The molecular weight excluding hydrogens is 462 g/mol. The highest BCUT2D eigenvalue weighted by atomic mass is 16.6. The largest absolute Gasteiger partial charge is 0.872 e. The molecule has 2 aliphatic heterocycles. The SMILES string of the molecule is CCOc1cccc(C2C(=C([O-])c3ccc4c(c3)OCCO4)C(=O)C(=O)N2CCC[n+]2cc[nH]c2)c1. The zero-order valence-corrected chi connectivity index (χ0v) is 19.9. The Balaban J connectivity index is 1.54. The Kier molecular flexibility index (Phi) is 6.62. The van der Waals surface area contributed by atoms with Gasteiger partial charge in [-0.2, -0.15) is 0 Å². The van der Waals surface area contributed by atoms with Crippen molar-refractivity contribution < 1.29 is 33.5 Å². The zero-order valence-electron chi connectivity index (χ0n) is 19.9. The molecule has 9 heteroatoms. The number of nitrogens with one attached hydrogen (secondary N) is 1. The minimum Gasteiger partial charge on any atom is -0.872 e. The van der Waals surface area contributed by atoms with Gasteiger partial charge in [0.15, 0.2) is 11.5 Å². The van der Waals surface area contributed by atoms with Crippen molar-refractivity contribution in [3.8, 4) is 17.2 Å². The lowest BCUT2D eigenvalue weighted by Crippen LogP contribution is -2.36. The van der Waals surface area contributed by atoms with Gasteiger partial charge in [0.1, 0.15) is 31.4 Å². The van der Waals surface area contributed by atoms with Crippen LogP contribution < -0.4 is 23.9 Å². The maximum Gasteiger partial charge on any atom is 0.295 e. The lowest BCUT2D eigenvalue weighted by Gasteiger charge is -2.28. The molecular formula is C27H27N3O6. The fourth-order valence-electron chi connectivity index (χ4n) is 4.61. The van der Waals surface area contributed by atoms with Gasteiger partial charge in [0.2, 0.25) is 12.1 Å². The van der Waals surface area contributed by atoms with Gasteiger partial charge in [0.05, 0.1) is 19.2 Å². The van der Waals surface area contributed by atoms with Gasteiger partial charge in [-0.15, -0.1) is 0 Å². The monoisotopic (exact) mass is 489 g/mol. The van der Waals surface area contributed by atoms with Crippen LogP contribution in [0.4, 0.5) is 0 Å². The van der Waals surface area contributed by atoms with Crippen LogP contribution in [0.25, 0.3) is 5.76 Å². The van der Waals surface area contributed by atoms with E-state index in [2.05, 4.69) is 4.98 Å². The Bertz CT molecular complexity index is 1300. The number of aromatic amines is 1. The van der Waals surface area contributed by atoms with Crippen molar-refractivity contribution in [2.75, 3.05) is 26.4 Å². The van der Waals surface area contributed by atoms with Gasteiger partial charge in [-0.1, -0.05) is 24.0 Å². The first kappa shape index (κ1) is 23.5. The van der Waals surface area contributed by atoms with E-state index < -0.39 is 23.5 Å². The molecule has 1 atom stereocenters. The maximum absolute atomic E-state index is 13.7. The van der Waals surface area contributed by atoms with Crippen LogP contribution in [-0.2, 0) is 16.1 Å². The predicted molar refractivity (Wildman–Crippen MR) is 127 cm³/mol. The van der Waals surface area contributed by atoms with Crippen LogP contribution in [-0.4, -0.2) is 47.9 Å². The fourth-order valence-corrected chi connectivity index (χ4v) is 4.61. The summed E-state index contributed by atoms with van der Waals surface area (Å²) in [4.78, 5) is 30.9. The average Bonchev–Trinajstić information content (AvgIpc) is 3.51. The number of ether oxygens (including phenoxy) is 3. The van der Waals surface area contributed by atoms with Crippen molar-refractivity contribution in [1.29, 1.82) is 0 Å². The number of rotatable bonds is 8. The van der Waals surface area contributed by atoms with E-state index in [1.165, 1.54) is 4.90 Å². The Labute approximate surface area is 208 Å². The molecule has 1 N–H and O–H groups in total. The molecule has 0 aliphatic carbocycles. The zero-order chi connectivity index (χ0) is 25.1.